The molecule has 0 saturated carbocycles. The summed E-state index contributed by atoms with van der Waals surface area (Å²) in [6, 6.07) is 9.33. The highest BCUT2D eigenvalue weighted by Crippen LogP contribution is 2.21. The van der Waals surface area contributed by atoms with E-state index in [0.29, 0.717) is 11.5 Å². The molecule has 0 atom stereocenters. The first-order chi connectivity index (χ1) is 14.1. The molecule has 11 heteroatoms. The monoisotopic (exact) mass is 432 g/mol. The second kappa shape index (κ2) is 8.28. The Labute approximate surface area is 173 Å². The molecule has 9 nitrogen and oxygen atoms in total. The summed E-state index contributed by atoms with van der Waals surface area (Å²) in [5.74, 6) is -0.710. The summed E-state index contributed by atoms with van der Waals surface area (Å²) in [4.78, 5) is 12.6. The van der Waals surface area contributed by atoms with Crippen LogP contribution in [-0.4, -0.2) is 51.9 Å². The van der Waals surface area contributed by atoms with Crippen LogP contribution in [0.5, 0.6) is 0 Å². The molecule has 2 aromatic carbocycles. The Morgan fingerprint density at radius 2 is 1.83 bits per heavy atom. The molecular formula is C19H21FN6O3S. The van der Waals surface area contributed by atoms with Crippen molar-refractivity contribution < 1.29 is 17.6 Å². The van der Waals surface area contributed by atoms with Gasteiger partial charge < -0.3 is 5.32 Å². The van der Waals surface area contributed by atoms with Crippen molar-refractivity contribution in [1.29, 1.82) is 0 Å². The smallest absolute Gasteiger partial charge is 0.255 e. The van der Waals surface area contributed by atoms with Crippen molar-refractivity contribution in [2.24, 2.45) is 0 Å². The minimum absolute atomic E-state index is 0.0522. The number of sulfonamides is 1. The molecule has 3 aromatic rings. The third-order valence-electron chi connectivity index (χ3n) is 4.59. The number of tetrazole rings is 1. The Morgan fingerprint density at radius 3 is 2.40 bits per heavy atom. The summed E-state index contributed by atoms with van der Waals surface area (Å²) in [5.41, 5.74) is 0.612. The van der Waals surface area contributed by atoms with Crippen LogP contribution in [0.25, 0.3) is 5.69 Å². The molecule has 0 aliphatic carbocycles. The lowest BCUT2D eigenvalue weighted by atomic mass is 10.2. The average molecular weight is 432 g/mol. The van der Waals surface area contributed by atoms with Crippen molar-refractivity contribution in [3.05, 3.63) is 59.7 Å². The minimum atomic E-state index is -3.66. The first-order valence-corrected chi connectivity index (χ1v) is 10.5. The van der Waals surface area contributed by atoms with Crippen LogP contribution in [0.4, 0.5) is 10.1 Å². The summed E-state index contributed by atoms with van der Waals surface area (Å²) in [6.45, 7) is 5.21. The van der Waals surface area contributed by atoms with Gasteiger partial charge in [0.1, 0.15) is 5.82 Å². The Morgan fingerprint density at radius 1 is 1.17 bits per heavy atom. The number of halogens is 1. The first-order valence-electron chi connectivity index (χ1n) is 9.05. The predicted molar refractivity (Wildman–Crippen MR) is 108 cm³/mol. The number of nitrogens with zero attached hydrogens (tertiary/aromatic N) is 5. The second-order valence-corrected chi connectivity index (χ2v) is 8.89. The molecule has 0 fully saturated rings. The fraction of sp³-hybridized carbons (Fsp3) is 0.263. The van der Waals surface area contributed by atoms with Crippen LogP contribution in [0.1, 0.15) is 30.0 Å². The van der Waals surface area contributed by atoms with E-state index in [0.717, 1.165) is 0 Å². The summed E-state index contributed by atoms with van der Waals surface area (Å²) < 4.78 is 41.9. The van der Waals surface area contributed by atoms with Crippen LogP contribution in [0.2, 0.25) is 0 Å². The van der Waals surface area contributed by atoms with Crippen molar-refractivity contribution in [2.75, 3.05) is 12.4 Å². The van der Waals surface area contributed by atoms with Crippen LogP contribution < -0.4 is 5.32 Å². The zero-order chi connectivity index (χ0) is 22.1. The molecule has 0 unspecified atom stereocenters. The lowest BCUT2D eigenvalue weighted by Crippen LogP contribution is -2.33. The van der Waals surface area contributed by atoms with E-state index in [1.54, 1.807) is 20.8 Å². The lowest BCUT2D eigenvalue weighted by Gasteiger charge is -2.21. The number of benzene rings is 2. The molecule has 0 saturated heterocycles. The molecule has 0 aliphatic heterocycles. The van der Waals surface area contributed by atoms with Gasteiger partial charge in [-0.1, -0.05) is 0 Å². The predicted octanol–water partition coefficient (Wildman–Crippen LogP) is 2.39. The Bertz CT molecular complexity index is 1180. The van der Waals surface area contributed by atoms with E-state index < -0.39 is 21.7 Å². The molecule has 1 aromatic heterocycles. The lowest BCUT2D eigenvalue weighted by molar-refractivity contribution is 0.102. The fourth-order valence-corrected chi connectivity index (χ4v) is 4.00. The number of hydrogen-bond acceptors (Lipinski definition) is 6. The average Bonchev–Trinajstić information content (AvgIpc) is 3.14. The molecule has 0 aliphatic rings. The normalized spacial score (nSPS) is 11.8. The maximum Gasteiger partial charge on any atom is 0.255 e. The minimum Gasteiger partial charge on any atom is -0.319 e. The largest absolute Gasteiger partial charge is 0.319 e. The summed E-state index contributed by atoms with van der Waals surface area (Å²) >= 11 is 0. The van der Waals surface area contributed by atoms with Gasteiger partial charge in [0.05, 0.1) is 16.3 Å². The van der Waals surface area contributed by atoms with E-state index in [-0.39, 0.29) is 22.2 Å². The van der Waals surface area contributed by atoms with Crippen LogP contribution in [0.15, 0.2) is 47.4 Å². The number of amides is 1. The van der Waals surface area contributed by atoms with Gasteiger partial charge in [0.15, 0.2) is 5.82 Å². The molecule has 0 spiro atoms. The molecular weight excluding hydrogens is 411 g/mol. The van der Waals surface area contributed by atoms with Gasteiger partial charge in [0.25, 0.3) is 5.91 Å². The van der Waals surface area contributed by atoms with Gasteiger partial charge in [-0.25, -0.2) is 12.8 Å². The molecule has 1 amide bonds. The number of hydrogen-bond donors (Lipinski definition) is 1. The van der Waals surface area contributed by atoms with Gasteiger partial charge >= 0.3 is 0 Å². The highest BCUT2D eigenvalue weighted by atomic mass is 32.2. The Kier molecular flexibility index (Phi) is 5.94. The number of aromatic nitrogens is 4. The summed E-state index contributed by atoms with van der Waals surface area (Å²) in [7, 11) is -2.17. The molecule has 3 rings (SSSR count). The standard InChI is InChI=1S/C19H21FN6O3S/c1-12(2)25(4)30(28,29)16-8-5-14(6-9-16)19(27)21-18-11-15(7-10-17(18)20)26-13(3)22-23-24-26/h5-12H,1-4H3,(H,21,27). The first kappa shape index (κ1) is 21.5. The second-order valence-electron chi connectivity index (χ2n) is 6.90. The van der Waals surface area contributed by atoms with E-state index in [1.165, 1.54) is 58.5 Å². The number of nitrogens with one attached hydrogen (secondary N) is 1. The maximum absolute atomic E-state index is 14.2. The number of rotatable bonds is 6. The quantitative estimate of drug-likeness (QED) is 0.640. The van der Waals surface area contributed by atoms with Gasteiger partial charge in [-0.2, -0.15) is 8.99 Å². The van der Waals surface area contributed by atoms with Gasteiger partial charge in [-0.3, -0.25) is 4.79 Å². The van der Waals surface area contributed by atoms with Crippen molar-refractivity contribution in [2.45, 2.75) is 31.7 Å². The number of anilines is 1. The van der Waals surface area contributed by atoms with Crippen LogP contribution in [0.3, 0.4) is 0 Å². The molecule has 0 bridgehead atoms. The fourth-order valence-electron chi connectivity index (χ4n) is 2.63. The molecule has 158 valence electrons. The van der Waals surface area contributed by atoms with Crippen molar-refractivity contribution in [3.63, 3.8) is 0 Å². The topological polar surface area (TPSA) is 110 Å². The number of carbonyl (C=O) groups is 1. The zero-order valence-corrected chi connectivity index (χ0v) is 17.7. The third-order valence-corrected chi connectivity index (χ3v) is 6.64. The van der Waals surface area contributed by atoms with Crippen molar-refractivity contribution in [1.82, 2.24) is 24.5 Å². The number of carbonyl (C=O) groups excluding carboxylic acids is 1. The van der Waals surface area contributed by atoms with Gasteiger partial charge in [0.2, 0.25) is 10.0 Å². The van der Waals surface area contributed by atoms with E-state index in [2.05, 4.69) is 20.8 Å². The Balaban J connectivity index is 1.83. The summed E-state index contributed by atoms with van der Waals surface area (Å²) in [6.07, 6.45) is 0. The Hall–Kier alpha value is -3.18. The highest BCUT2D eigenvalue weighted by molar-refractivity contribution is 7.89. The summed E-state index contributed by atoms with van der Waals surface area (Å²) in [5, 5.41) is 13.6. The van der Waals surface area contributed by atoms with Gasteiger partial charge in [-0.05, 0) is 73.7 Å². The van der Waals surface area contributed by atoms with E-state index >= 15 is 0 Å². The highest BCUT2D eigenvalue weighted by Gasteiger charge is 2.23. The number of aryl methyl sites for hydroxylation is 1. The van der Waals surface area contributed by atoms with Crippen LogP contribution in [0, 0.1) is 12.7 Å². The van der Waals surface area contributed by atoms with Crippen molar-refractivity contribution in [3.8, 4) is 5.69 Å². The SMILES string of the molecule is Cc1nnnn1-c1ccc(F)c(NC(=O)c2ccc(S(=O)(=O)N(C)C(C)C)cc2)c1. The maximum atomic E-state index is 14.2. The molecule has 1 N–H and O–H groups in total. The van der Waals surface area contributed by atoms with E-state index in [1.807, 2.05) is 0 Å². The molecule has 0 radical (unpaired) electrons. The van der Waals surface area contributed by atoms with Crippen LogP contribution in [-0.2, 0) is 10.0 Å². The third kappa shape index (κ3) is 4.21. The molecule has 30 heavy (non-hydrogen) atoms. The van der Waals surface area contributed by atoms with Crippen LogP contribution >= 0.6 is 0 Å². The van der Waals surface area contributed by atoms with E-state index in [4.69, 9.17) is 0 Å². The zero-order valence-electron chi connectivity index (χ0n) is 16.9. The van der Waals surface area contributed by atoms with Gasteiger partial charge in [-0.15, -0.1) is 5.10 Å². The van der Waals surface area contributed by atoms with E-state index in [9.17, 15) is 17.6 Å². The molecule has 1 heterocycles. The van der Waals surface area contributed by atoms with Crippen molar-refractivity contribution >= 4 is 21.6 Å². The van der Waals surface area contributed by atoms with Gasteiger partial charge in [0, 0.05) is 18.7 Å².